The highest BCUT2D eigenvalue weighted by molar-refractivity contribution is 9.10. The van der Waals surface area contributed by atoms with Gasteiger partial charge in [0.25, 0.3) is 11.1 Å². The van der Waals surface area contributed by atoms with E-state index in [0.717, 1.165) is 22.9 Å². The van der Waals surface area contributed by atoms with Crippen LogP contribution in [0.5, 0.6) is 11.5 Å². The third-order valence-corrected chi connectivity index (χ3v) is 6.89. The summed E-state index contributed by atoms with van der Waals surface area (Å²) >= 11 is 10.3. The fraction of sp³-hybridized carbons (Fsp3) is 0.115. The van der Waals surface area contributed by atoms with Crippen LogP contribution in [-0.4, -0.2) is 23.2 Å². The molecule has 0 saturated carbocycles. The van der Waals surface area contributed by atoms with E-state index in [4.69, 9.17) is 26.3 Å². The summed E-state index contributed by atoms with van der Waals surface area (Å²) < 4.78 is 12.1. The zero-order valence-corrected chi connectivity index (χ0v) is 21.6. The van der Waals surface area contributed by atoms with Gasteiger partial charge in [0.2, 0.25) is 0 Å². The van der Waals surface area contributed by atoms with Crippen molar-refractivity contribution in [2.45, 2.75) is 13.2 Å². The van der Waals surface area contributed by atoms with Crippen LogP contribution in [0.15, 0.2) is 70.0 Å². The van der Waals surface area contributed by atoms with E-state index < -0.39 is 0 Å². The van der Waals surface area contributed by atoms with Gasteiger partial charge in [-0.1, -0.05) is 35.9 Å². The molecule has 6 nitrogen and oxygen atoms in total. The maximum atomic E-state index is 12.9. The Hall–Kier alpha value is -3.25. The quantitative estimate of drug-likeness (QED) is 0.291. The SMILES string of the molecule is COc1cc(/C=C2\SC(=O)N(Cc3ccc(Cl)cc3)C2=O)cc(Br)c1OCc1ccc(C#N)cc1. The molecule has 4 rings (SSSR count). The topological polar surface area (TPSA) is 79.6 Å². The smallest absolute Gasteiger partial charge is 0.293 e. The number of nitrogens with zero attached hydrogens (tertiary/aromatic N) is 2. The van der Waals surface area contributed by atoms with Crippen LogP contribution < -0.4 is 9.47 Å². The van der Waals surface area contributed by atoms with Crippen LogP contribution >= 0.6 is 39.3 Å². The maximum Gasteiger partial charge on any atom is 0.293 e. The highest BCUT2D eigenvalue weighted by atomic mass is 79.9. The van der Waals surface area contributed by atoms with E-state index in [0.29, 0.717) is 37.0 Å². The van der Waals surface area contributed by atoms with Crippen molar-refractivity contribution < 1.29 is 19.1 Å². The van der Waals surface area contributed by atoms with Gasteiger partial charge in [-0.2, -0.15) is 5.26 Å². The van der Waals surface area contributed by atoms with Crippen molar-refractivity contribution in [1.82, 2.24) is 4.90 Å². The normalized spacial score (nSPS) is 14.3. The zero-order valence-electron chi connectivity index (χ0n) is 18.5. The van der Waals surface area contributed by atoms with Crippen LogP contribution in [0.3, 0.4) is 0 Å². The summed E-state index contributed by atoms with van der Waals surface area (Å²) in [6.45, 7) is 0.456. The van der Waals surface area contributed by atoms with Crippen molar-refractivity contribution in [2.24, 2.45) is 0 Å². The lowest BCUT2D eigenvalue weighted by atomic mass is 10.1. The third-order valence-electron chi connectivity index (χ3n) is 5.14. The summed E-state index contributed by atoms with van der Waals surface area (Å²) in [5.74, 6) is 0.621. The van der Waals surface area contributed by atoms with Crippen molar-refractivity contribution in [1.29, 1.82) is 5.26 Å². The lowest BCUT2D eigenvalue weighted by molar-refractivity contribution is -0.123. The number of thioether (sulfide) groups is 1. The van der Waals surface area contributed by atoms with E-state index in [9.17, 15) is 9.59 Å². The highest BCUT2D eigenvalue weighted by Gasteiger charge is 2.35. The molecule has 0 aliphatic carbocycles. The van der Waals surface area contributed by atoms with Crippen LogP contribution in [0, 0.1) is 11.3 Å². The molecular formula is C26H18BrClN2O4S. The Morgan fingerprint density at radius 2 is 1.77 bits per heavy atom. The van der Waals surface area contributed by atoms with Gasteiger partial charge in [0.1, 0.15) is 6.61 Å². The Bertz CT molecular complexity index is 1350. The summed E-state index contributed by atoms with van der Waals surface area (Å²) in [6, 6.07) is 19.8. The predicted octanol–water partition coefficient (Wildman–Crippen LogP) is 6.80. The van der Waals surface area contributed by atoms with Crippen molar-refractivity contribution in [3.05, 3.63) is 97.3 Å². The van der Waals surface area contributed by atoms with Crippen LogP contribution in [0.2, 0.25) is 5.02 Å². The molecule has 2 amide bonds. The molecule has 1 aliphatic heterocycles. The summed E-state index contributed by atoms with van der Waals surface area (Å²) in [4.78, 5) is 26.9. The zero-order chi connectivity index (χ0) is 24.9. The first-order chi connectivity index (χ1) is 16.9. The molecule has 3 aromatic carbocycles. The first-order valence-corrected chi connectivity index (χ1v) is 12.4. The molecule has 176 valence electrons. The number of halogens is 2. The Kier molecular flexibility index (Phi) is 7.81. The van der Waals surface area contributed by atoms with Crippen LogP contribution in [0.4, 0.5) is 4.79 Å². The number of carbonyl (C=O) groups excluding carboxylic acids is 2. The van der Waals surface area contributed by atoms with Crippen molar-refractivity contribution in [3.63, 3.8) is 0 Å². The minimum Gasteiger partial charge on any atom is -0.493 e. The van der Waals surface area contributed by atoms with Crippen molar-refractivity contribution in [3.8, 4) is 17.6 Å². The second kappa shape index (κ2) is 11.0. The number of hydrogen-bond acceptors (Lipinski definition) is 6. The number of nitriles is 1. The number of ether oxygens (including phenoxy) is 2. The van der Waals surface area contributed by atoms with Gasteiger partial charge in [-0.05, 0) is 86.9 Å². The van der Waals surface area contributed by atoms with Crippen LogP contribution in [0.1, 0.15) is 22.3 Å². The molecule has 35 heavy (non-hydrogen) atoms. The Balaban J connectivity index is 1.51. The molecule has 0 spiro atoms. The van der Waals surface area contributed by atoms with E-state index >= 15 is 0 Å². The molecule has 0 atom stereocenters. The summed E-state index contributed by atoms with van der Waals surface area (Å²) in [5, 5.41) is 9.19. The molecule has 0 bridgehead atoms. The second-order valence-corrected chi connectivity index (χ2v) is 9.81. The summed E-state index contributed by atoms with van der Waals surface area (Å²) in [7, 11) is 1.53. The van der Waals surface area contributed by atoms with Gasteiger partial charge in [-0.25, -0.2) is 0 Å². The van der Waals surface area contributed by atoms with Gasteiger partial charge >= 0.3 is 0 Å². The molecular weight excluding hydrogens is 552 g/mol. The van der Waals surface area contributed by atoms with Gasteiger partial charge < -0.3 is 9.47 Å². The minimum absolute atomic E-state index is 0.175. The average Bonchev–Trinajstić information content (AvgIpc) is 3.12. The lowest BCUT2D eigenvalue weighted by Gasteiger charge is -2.14. The largest absolute Gasteiger partial charge is 0.493 e. The molecule has 0 N–H and O–H groups in total. The highest BCUT2D eigenvalue weighted by Crippen LogP contribution is 2.39. The Labute approximate surface area is 220 Å². The average molecular weight is 570 g/mol. The number of carbonyl (C=O) groups is 2. The standard InChI is InChI=1S/C26H18BrClN2O4S/c1-33-22-11-19(10-21(27)24(22)34-15-18-4-2-16(13-29)3-5-18)12-23-25(31)30(26(32)35-23)14-17-6-8-20(28)9-7-17/h2-12H,14-15H2,1H3/b23-12-. The molecule has 9 heteroatoms. The number of hydrogen-bond donors (Lipinski definition) is 0. The van der Waals surface area contributed by atoms with Gasteiger partial charge in [0.05, 0.1) is 34.7 Å². The van der Waals surface area contributed by atoms with Gasteiger partial charge in [-0.3, -0.25) is 14.5 Å². The first-order valence-electron chi connectivity index (χ1n) is 10.4. The monoisotopic (exact) mass is 568 g/mol. The number of rotatable bonds is 7. The summed E-state index contributed by atoms with van der Waals surface area (Å²) in [6.07, 6.45) is 1.66. The van der Waals surface area contributed by atoms with E-state index in [1.165, 1.54) is 12.0 Å². The van der Waals surface area contributed by atoms with Gasteiger partial charge in [0, 0.05) is 5.02 Å². The number of amides is 2. The van der Waals surface area contributed by atoms with E-state index in [1.807, 2.05) is 12.1 Å². The number of benzene rings is 3. The first kappa shape index (κ1) is 24.9. The van der Waals surface area contributed by atoms with E-state index in [2.05, 4.69) is 22.0 Å². The predicted molar refractivity (Wildman–Crippen MR) is 139 cm³/mol. The molecule has 0 unspecified atom stereocenters. The molecule has 1 fully saturated rings. The fourth-order valence-corrected chi connectivity index (χ4v) is 4.89. The molecule has 1 aliphatic rings. The molecule has 0 aromatic heterocycles. The third kappa shape index (κ3) is 5.88. The number of imide groups is 1. The fourth-order valence-electron chi connectivity index (χ4n) is 3.35. The van der Waals surface area contributed by atoms with Gasteiger partial charge in [-0.15, -0.1) is 0 Å². The van der Waals surface area contributed by atoms with Crippen molar-refractivity contribution in [2.75, 3.05) is 7.11 Å². The summed E-state index contributed by atoms with van der Waals surface area (Å²) in [5.41, 5.74) is 2.97. The molecule has 3 aromatic rings. The Morgan fingerprint density at radius 1 is 1.09 bits per heavy atom. The lowest BCUT2D eigenvalue weighted by Crippen LogP contribution is -2.27. The minimum atomic E-state index is -0.355. The van der Waals surface area contributed by atoms with Crippen LogP contribution in [0.25, 0.3) is 6.08 Å². The number of methoxy groups -OCH3 is 1. The maximum absolute atomic E-state index is 12.9. The van der Waals surface area contributed by atoms with Crippen LogP contribution in [-0.2, 0) is 17.9 Å². The van der Waals surface area contributed by atoms with Crippen molar-refractivity contribution >= 4 is 56.5 Å². The second-order valence-electron chi connectivity index (χ2n) is 7.53. The van der Waals surface area contributed by atoms with E-state index in [1.54, 1.807) is 54.6 Å². The van der Waals surface area contributed by atoms with E-state index in [-0.39, 0.29) is 24.3 Å². The molecule has 1 saturated heterocycles. The molecule has 0 radical (unpaired) electrons. The Morgan fingerprint density at radius 3 is 2.43 bits per heavy atom. The van der Waals surface area contributed by atoms with Gasteiger partial charge in [0.15, 0.2) is 11.5 Å². The molecule has 1 heterocycles.